The second-order valence-electron chi connectivity index (χ2n) is 6.50. The average Bonchev–Trinajstić information content (AvgIpc) is 3.37. The number of hydrogen-bond acceptors (Lipinski definition) is 2. The molecule has 0 atom stereocenters. The van der Waals surface area contributed by atoms with E-state index in [0.29, 0.717) is 12.5 Å². The molecule has 4 heteroatoms. The molecule has 2 aromatic carbocycles. The minimum Gasteiger partial charge on any atom is -0.494 e. The Labute approximate surface area is 147 Å². The molecule has 1 aliphatic rings. The zero-order valence-corrected chi connectivity index (χ0v) is 14.6. The first-order valence-corrected chi connectivity index (χ1v) is 8.94. The van der Waals surface area contributed by atoms with Crippen LogP contribution in [0.3, 0.4) is 0 Å². The molecule has 1 saturated carbocycles. The minimum atomic E-state index is 0.650. The summed E-state index contributed by atoms with van der Waals surface area (Å²) in [6.07, 6.45) is 3.50. The van der Waals surface area contributed by atoms with E-state index in [2.05, 4.69) is 28.8 Å². The number of fused-ring (bicyclic) bond motifs is 1. The lowest BCUT2D eigenvalue weighted by Gasteiger charge is -2.10. The van der Waals surface area contributed by atoms with E-state index in [1.165, 1.54) is 24.2 Å². The van der Waals surface area contributed by atoms with Crippen LogP contribution in [0.25, 0.3) is 11.0 Å². The Morgan fingerprint density at radius 2 is 2.04 bits per heavy atom. The average molecular weight is 341 g/mol. The fourth-order valence-corrected chi connectivity index (χ4v) is 3.22. The summed E-state index contributed by atoms with van der Waals surface area (Å²) in [7, 11) is 0. The Bertz CT molecular complexity index is 867. The van der Waals surface area contributed by atoms with Gasteiger partial charge in [0.15, 0.2) is 0 Å². The molecule has 0 amide bonds. The molecule has 0 N–H and O–H groups in total. The van der Waals surface area contributed by atoms with E-state index in [1.807, 2.05) is 25.1 Å². The van der Waals surface area contributed by atoms with E-state index in [1.54, 1.807) is 0 Å². The number of rotatable bonds is 6. The van der Waals surface area contributed by atoms with E-state index in [-0.39, 0.29) is 0 Å². The van der Waals surface area contributed by atoms with Crippen LogP contribution in [0.15, 0.2) is 42.5 Å². The molecule has 24 heavy (non-hydrogen) atoms. The van der Waals surface area contributed by atoms with Crippen LogP contribution in [0.1, 0.15) is 36.6 Å². The molecule has 0 saturated heterocycles. The molecule has 0 spiro atoms. The summed E-state index contributed by atoms with van der Waals surface area (Å²) in [5.74, 6) is 2.78. The summed E-state index contributed by atoms with van der Waals surface area (Å²) in [4.78, 5) is 4.84. The third-order valence-electron chi connectivity index (χ3n) is 4.55. The number of imidazole rings is 1. The van der Waals surface area contributed by atoms with Gasteiger partial charge < -0.3 is 9.30 Å². The van der Waals surface area contributed by atoms with Crippen molar-refractivity contribution in [2.24, 2.45) is 0 Å². The van der Waals surface area contributed by atoms with Crippen molar-refractivity contribution in [2.45, 2.75) is 38.6 Å². The first kappa shape index (κ1) is 15.5. The molecule has 0 bridgehead atoms. The predicted molar refractivity (Wildman–Crippen MR) is 98.0 cm³/mol. The van der Waals surface area contributed by atoms with Gasteiger partial charge in [-0.1, -0.05) is 23.7 Å². The predicted octanol–water partition coefficient (Wildman–Crippen LogP) is 5.34. The molecule has 124 valence electrons. The normalized spacial score (nSPS) is 14.2. The molecule has 0 aliphatic heterocycles. The Hall–Kier alpha value is -2.00. The third kappa shape index (κ3) is 3.13. The number of aryl methyl sites for hydroxylation is 2. The number of nitrogens with zero attached hydrogens (tertiary/aromatic N) is 2. The lowest BCUT2D eigenvalue weighted by atomic mass is 10.2. The molecule has 0 unspecified atom stereocenters. The van der Waals surface area contributed by atoms with Crippen molar-refractivity contribution in [2.75, 3.05) is 6.61 Å². The maximum absolute atomic E-state index is 6.05. The molecule has 0 radical (unpaired) electrons. The van der Waals surface area contributed by atoms with Gasteiger partial charge in [0, 0.05) is 17.5 Å². The van der Waals surface area contributed by atoms with Crippen LogP contribution in [-0.4, -0.2) is 16.2 Å². The molecule has 1 aliphatic carbocycles. The van der Waals surface area contributed by atoms with Crippen LogP contribution in [0.4, 0.5) is 0 Å². The second-order valence-corrected chi connectivity index (χ2v) is 6.90. The number of ether oxygens (including phenoxy) is 1. The van der Waals surface area contributed by atoms with Crippen molar-refractivity contribution < 1.29 is 4.74 Å². The number of halogens is 1. The van der Waals surface area contributed by atoms with Gasteiger partial charge in [-0.2, -0.15) is 0 Å². The highest BCUT2D eigenvalue weighted by molar-refractivity contribution is 6.31. The van der Waals surface area contributed by atoms with E-state index in [9.17, 15) is 0 Å². The summed E-state index contributed by atoms with van der Waals surface area (Å²) in [6.45, 7) is 3.63. The number of para-hydroxylation sites is 2. The molecule has 1 aromatic heterocycles. The quantitative estimate of drug-likeness (QED) is 0.566. The number of hydrogen-bond donors (Lipinski definition) is 0. The molecule has 3 aromatic rings. The summed E-state index contributed by atoms with van der Waals surface area (Å²) in [5, 5.41) is 0.779. The Morgan fingerprint density at radius 3 is 2.83 bits per heavy atom. The number of benzene rings is 2. The lowest BCUT2D eigenvalue weighted by Crippen LogP contribution is -2.07. The van der Waals surface area contributed by atoms with Gasteiger partial charge in [-0.25, -0.2) is 4.98 Å². The van der Waals surface area contributed by atoms with Gasteiger partial charge in [0.2, 0.25) is 0 Å². The van der Waals surface area contributed by atoms with Crippen LogP contribution in [0.2, 0.25) is 5.02 Å². The van der Waals surface area contributed by atoms with E-state index in [0.717, 1.165) is 34.8 Å². The molecule has 3 nitrogen and oxygen atoms in total. The highest BCUT2D eigenvalue weighted by Crippen LogP contribution is 2.40. The number of aromatic nitrogens is 2. The minimum absolute atomic E-state index is 0.650. The van der Waals surface area contributed by atoms with Gasteiger partial charge in [-0.15, -0.1) is 0 Å². The SMILES string of the molecule is Cc1cc(OCCCn2c(C3CC3)nc3ccccc32)ccc1Cl. The topological polar surface area (TPSA) is 27.1 Å². The molecule has 4 rings (SSSR count). The van der Waals surface area contributed by atoms with Crippen LogP contribution in [0, 0.1) is 6.92 Å². The summed E-state index contributed by atoms with van der Waals surface area (Å²) >= 11 is 6.05. The fraction of sp³-hybridized carbons (Fsp3) is 0.350. The molecular formula is C20H21ClN2O. The molecule has 1 fully saturated rings. The first-order valence-electron chi connectivity index (χ1n) is 8.56. The lowest BCUT2D eigenvalue weighted by molar-refractivity contribution is 0.301. The van der Waals surface area contributed by atoms with Gasteiger partial charge in [0.25, 0.3) is 0 Å². The first-order chi connectivity index (χ1) is 11.7. The smallest absolute Gasteiger partial charge is 0.119 e. The third-order valence-corrected chi connectivity index (χ3v) is 4.97. The Morgan fingerprint density at radius 1 is 1.21 bits per heavy atom. The van der Waals surface area contributed by atoms with E-state index in [4.69, 9.17) is 21.3 Å². The largest absolute Gasteiger partial charge is 0.494 e. The van der Waals surface area contributed by atoms with Crippen molar-refractivity contribution in [1.82, 2.24) is 9.55 Å². The standard InChI is InChI=1S/C20H21ClN2O/c1-14-13-16(9-10-17(14)21)24-12-4-11-23-19-6-3-2-5-18(19)22-20(23)15-7-8-15/h2-3,5-6,9-10,13,15H,4,7-8,11-12H2,1H3. The monoisotopic (exact) mass is 340 g/mol. The van der Waals surface area contributed by atoms with Gasteiger partial charge in [0.05, 0.1) is 17.6 Å². The zero-order valence-electron chi connectivity index (χ0n) is 13.8. The maximum atomic E-state index is 6.05. The molecular weight excluding hydrogens is 320 g/mol. The van der Waals surface area contributed by atoms with Gasteiger partial charge >= 0.3 is 0 Å². The summed E-state index contributed by atoms with van der Waals surface area (Å²) < 4.78 is 8.25. The van der Waals surface area contributed by atoms with Crippen molar-refractivity contribution in [3.8, 4) is 5.75 Å². The van der Waals surface area contributed by atoms with Gasteiger partial charge in [-0.05, 0) is 62.1 Å². The highest BCUT2D eigenvalue weighted by atomic mass is 35.5. The zero-order chi connectivity index (χ0) is 16.5. The molecule has 1 heterocycles. The van der Waals surface area contributed by atoms with Crippen LogP contribution >= 0.6 is 11.6 Å². The highest BCUT2D eigenvalue weighted by Gasteiger charge is 2.29. The second kappa shape index (κ2) is 6.48. The van der Waals surface area contributed by atoms with Gasteiger partial charge in [0.1, 0.15) is 11.6 Å². The Balaban J connectivity index is 1.43. The van der Waals surface area contributed by atoms with Crippen molar-refractivity contribution in [1.29, 1.82) is 0 Å². The summed E-state index contributed by atoms with van der Waals surface area (Å²) in [6, 6.07) is 14.2. The maximum Gasteiger partial charge on any atom is 0.119 e. The van der Waals surface area contributed by atoms with E-state index < -0.39 is 0 Å². The summed E-state index contributed by atoms with van der Waals surface area (Å²) in [5.41, 5.74) is 3.39. The van der Waals surface area contributed by atoms with Crippen molar-refractivity contribution in [3.05, 3.63) is 58.9 Å². The Kier molecular flexibility index (Phi) is 4.19. The van der Waals surface area contributed by atoms with Crippen LogP contribution in [-0.2, 0) is 6.54 Å². The van der Waals surface area contributed by atoms with Crippen molar-refractivity contribution >= 4 is 22.6 Å². The van der Waals surface area contributed by atoms with Crippen molar-refractivity contribution in [3.63, 3.8) is 0 Å². The van der Waals surface area contributed by atoms with E-state index >= 15 is 0 Å². The van der Waals surface area contributed by atoms with Crippen LogP contribution < -0.4 is 4.74 Å². The van der Waals surface area contributed by atoms with Crippen LogP contribution in [0.5, 0.6) is 5.75 Å². The van der Waals surface area contributed by atoms with Gasteiger partial charge in [-0.3, -0.25) is 0 Å². The fourth-order valence-electron chi connectivity index (χ4n) is 3.10.